The number of hydrogen-bond donors (Lipinski definition) is 1. The average molecular weight is 872 g/mol. The molecule has 10 nitrogen and oxygen atoms in total. The summed E-state index contributed by atoms with van der Waals surface area (Å²) in [7, 11) is 1.07. The summed E-state index contributed by atoms with van der Waals surface area (Å²) in [6.07, 6.45) is 52.1. The maximum atomic E-state index is 12.7. The van der Waals surface area contributed by atoms with Gasteiger partial charge < -0.3 is 33.0 Å². The molecule has 1 unspecified atom stereocenters. The van der Waals surface area contributed by atoms with E-state index in [1.54, 1.807) is 0 Å². The number of ether oxygens (including phenoxy) is 2. The molecule has 0 aliphatic carbocycles. The fourth-order valence-corrected chi connectivity index (χ4v) is 5.97. The lowest BCUT2D eigenvalue weighted by Gasteiger charge is -2.28. The molecule has 0 aromatic heterocycles. The molecular weight excluding hydrogens is 790 g/mol. The van der Waals surface area contributed by atoms with Gasteiger partial charge in [-0.2, -0.15) is 0 Å². The van der Waals surface area contributed by atoms with Crippen LogP contribution < -0.4 is 4.89 Å². The number of phosphoric acid groups is 1. The number of nitrogens with zero attached hydrogens (tertiary/aromatic N) is 1. The zero-order valence-corrected chi connectivity index (χ0v) is 39.3. The molecular formula is C50H82NO9P. The predicted octanol–water partition coefficient (Wildman–Crippen LogP) is 11.5. The van der Waals surface area contributed by atoms with Gasteiger partial charge in [0, 0.05) is 12.8 Å². The number of esters is 2. The monoisotopic (exact) mass is 872 g/mol. The number of allylic oxidation sites excluding steroid dienone is 18. The zero-order valence-electron chi connectivity index (χ0n) is 38.4. The summed E-state index contributed by atoms with van der Waals surface area (Å²) in [5, 5.41) is 9.57. The summed E-state index contributed by atoms with van der Waals surface area (Å²) >= 11 is 0. The van der Waals surface area contributed by atoms with Crippen molar-refractivity contribution in [2.24, 2.45) is 0 Å². The topological polar surface area (TPSA) is 131 Å². The van der Waals surface area contributed by atoms with Crippen molar-refractivity contribution in [1.82, 2.24) is 0 Å². The van der Waals surface area contributed by atoms with E-state index >= 15 is 0 Å². The fraction of sp³-hybridized carbons (Fsp3) is 0.600. The van der Waals surface area contributed by atoms with Crippen LogP contribution in [0.3, 0.4) is 0 Å². The van der Waals surface area contributed by atoms with Gasteiger partial charge in [0.1, 0.15) is 19.8 Å². The molecule has 0 rings (SSSR count). The number of quaternary nitrogens is 1. The van der Waals surface area contributed by atoms with Crippen LogP contribution in [0, 0.1) is 0 Å². The molecule has 0 aromatic carbocycles. The van der Waals surface area contributed by atoms with E-state index in [1.165, 1.54) is 0 Å². The van der Waals surface area contributed by atoms with Crippen LogP contribution in [0.4, 0.5) is 0 Å². The highest BCUT2D eigenvalue weighted by Crippen LogP contribution is 2.38. The number of phosphoric ester groups is 1. The molecule has 0 saturated heterocycles. The predicted molar refractivity (Wildman–Crippen MR) is 251 cm³/mol. The number of hydrogen-bond acceptors (Lipinski definition) is 9. The first-order chi connectivity index (χ1) is 29.4. The first kappa shape index (κ1) is 57.6. The minimum atomic E-state index is -4.67. The van der Waals surface area contributed by atoms with Gasteiger partial charge in [0.05, 0.1) is 33.9 Å². The molecule has 0 bridgehead atoms. The van der Waals surface area contributed by atoms with Crippen molar-refractivity contribution >= 4 is 19.8 Å². The number of carbonyl (C=O) groups excluding carboxylic acids is 2. The number of carbonyl (C=O) groups is 2. The van der Waals surface area contributed by atoms with Crippen LogP contribution in [0.2, 0.25) is 0 Å². The lowest BCUT2D eigenvalue weighted by atomic mass is 10.1. The molecule has 0 heterocycles. The van der Waals surface area contributed by atoms with E-state index in [-0.39, 0.29) is 32.2 Å². The fourth-order valence-electron chi connectivity index (χ4n) is 5.24. The molecule has 0 aliphatic heterocycles. The first-order valence-electron chi connectivity index (χ1n) is 22.7. The van der Waals surface area contributed by atoms with Gasteiger partial charge in [0.15, 0.2) is 6.10 Å². The van der Waals surface area contributed by atoms with Gasteiger partial charge in [-0.25, -0.2) is 0 Å². The largest absolute Gasteiger partial charge is 0.756 e. The van der Waals surface area contributed by atoms with Gasteiger partial charge in [-0.1, -0.05) is 130 Å². The van der Waals surface area contributed by atoms with Crippen LogP contribution in [0.5, 0.6) is 0 Å². The Labute approximate surface area is 370 Å². The second-order valence-corrected chi connectivity index (χ2v) is 17.2. The van der Waals surface area contributed by atoms with Crippen LogP contribution in [0.25, 0.3) is 0 Å². The number of rotatable bonds is 39. The Bertz CT molecular complexity index is 1420. The van der Waals surface area contributed by atoms with Gasteiger partial charge in [-0.15, -0.1) is 0 Å². The Hall–Kier alpha value is -3.37. The van der Waals surface area contributed by atoms with Crippen molar-refractivity contribution in [3.05, 3.63) is 109 Å². The Balaban J connectivity index is 4.53. The summed E-state index contributed by atoms with van der Waals surface area (Å²) in [5.41, 5.74) is 0. The summed E-state index contributed by atoms with van der Waals surface area (Å²) < 4.78 is 33.8. The van der Waals surface area contributed by atoms with Crippen LogP contribution in [0.1, 0.15) is 136 Å². The van der Waals surface area contributed by atoms with Crippen LogP contribution >= 0.6 is 7.82 Å². The van der Waals surface area contributed by atoms with E-state index in [0.29, 0.717) is 30.3 Å². The second kappa shape index (κ2) is 40.7. The third-order valence-corrected chi connectivity index (χ3v) is 9.90. The SMILES string of the molecule is CC/C=C\C/C=C\C/C=C\C/C=C\C/C=C\CCCCCC(=O)OC[C@H](COP(=O)([O-])OCC[N+](C)(C)C)OC(=O)CCC/C=C\C/C=C\C/C=C\C/C=C\CC[C@H](O)CC. The first-order valence-corrected chi connectivity index (χ1v) is 24.1. The van der Waals surface area contributed by atoms with E-state index in [9.17, 15) is 24.2 Å². The van der Waals surface area contributed by atoms with Gasteiger partial charge in [-0.05, 0) is 103 Å². The van der Waals surface area contributed by atoms with Crippen molar-refractivity contribution in [2.45, 2.75) is 148 Å². The van der Waals surface area contributed by atoms with E-state index in [1.807, 2.05) is 40.2 Å². The van der Waals surface area contributed by atoms with Gasteiger partial charge in [0.2, 0.25) is 0 Å². The molecule has 11 heteroatoms. The Morgan fingerprint density at radius 1 is 0.590 bits per heavy atom. The summed E-state index contributed by atoms with van der Waals surface area (Å²) in [5.74, 6) is -0.969. The third-order valence-electron chi connectivity index (χ3n) is 8.94. The molecule has 0 amide bonds. The molecule has 1 N–H and O–H groups in total. The van der Waals surface area contributed by atoms with Crippen molar-refractivity contribution in [3.8, 4) is 0 Å². The molecule has 61 heavy (non-hydrogen) atoms. The Morgan fingerprint density at radius 2 is 1.05 bits per heavy atom. The number of unbranched alkanes of at least 4 members (excludes halogenated alkanes) is 4. The normalized spacial score (nSPS) is 15.1. The Morgan fingerprint density at radius 3 is 1.54 bits per heavy atom. The maximum absolute atomic E-state index is 12.7. The minimum Gasteiger partial charge on any atom is -0.756 e. The lowest BCUT2D eigenvalue weighted by Crippen LogP contribution is -2.37. The lowest BCUT2D eigenvalue weighted by molar-refractivity contribution is -0.870. The van der Waals surface area contributed by atoms with E-state index in [0.717, 1.165) is 89.9 Å². The molecule has 0 fully saturated rings. The number of likely N-dealkylation sites (N-methyl/N-ethyl adjacent to an activating group) is 1. The van der Waals surface area contributed by atoms with Crippen LogP contribution in [0.15, 0.2) is 109 Å². The van der Waals surface area contributed by atoms with Crippen molar-refractivity contribution < 1.29 is 47.2 Å². The van der Waals surface area contributed by atoms with Gasteiger partial charge >= 0.3 is 11.9 Å². The van der Waals surface area contributed by atoms with E-state index in [4.69, 9.17) is 18.5 Å². The highest BCUT2D eigenvalue weighted by atomic mass is 31.2. The molecule has 346 valence electrons. The van der Waals surface area contributed by atoms with E-state index in [2.05, 4.69) is 104 Å². The second-order valence-electron chi connectivity index (χ2n) is 15.8. The van der Waals surface area contributed by atoms with Crippen LogP contribution in [-0.2, 0) is 32.7 Å². The Kier molecular flexibility index (Phi) is 38.4. The smallest absolute Gasteiger partial charge is 0.306 e. The molecule has 0 aliphatic rings. The van der Waals surface area contributed by atoms with Gasteiger partial charge in [-0.3, -0.25) is 14.2 Å². The average Bonchev–Trinajstić information content (AvgIpc) is 3.21. The molecule has 0 spiro atoms. The highest BCUT2D eigenvalue weighted by Gasteiger charge is 2.21. The highest BCUT2D eigenvalue weighted by molar-refractivity contribution is 7.45. The quantitative estimate of drug-likeness (QED) is 0.0211. The summed E-state index contributed by atoms with van der Waals surface area (Å²) in [6, 6.07) is 0. The van der Waals surface area contributed by atoms with Crippen LogP contribution in [-0.4, -0.2) is 81.2 Å². The van der Waals surface area contributed by atoms with E-state index < -0.39 is 32.5 Å². The molecule has 3 atom stereocenters. The molecule has 0 aromatic rings. The molecule has 0 saturated carbocycles. The standard InChI is InChI=1S/C50H82NO9P/c1-6-8-9-10-11-12-13-14-15-16-17-18-19-23-26-29-32-35-38-41-49(53)57-45-48(46-59-61(55,56)58-44-43-51(3,4)5)60-50(54)42-39-36-33-30-27-24-21-20-22-25-28-31-34-37-40-47(52)7-2/h8-9,11-12,14-15,17-18,21-26,30-31,33-34,47-48,52H,6-7,10,13,16,19-20,27-29,32,35-46H2,1-5H3/b9-8-,12-11-,15-14-,18-17-,24-21-,25-22-,26-23-,33-30-,34-31-/t47-,48-/m1/s1. The zero-order chi connectivity index (χ0) is 45.1. The van der Waals surface area contributed by atoms with Crippen molar-refractivity contribution in [1.29, 1.82) is 0 Å². The minimum absolute atomic E-state index is 0.0597. The third kappa shape index (κ3) is 44.5. The summed E-state index contributed by atoms with van der Waals surface area (Å²) in [4.78, 5) is 37.6. The molecule has 0 radical (unpaired) electrons. The number of aliphatic hydroxyl groups is 1. The van der Waals surface area contributed by atoms with Crippen molar-refractivity contribution in [3.63, 3.8) is 0 Å². The van der Waals surface area contributed by atoms with Gasteiger partial charge in [0.25, 0.3) is 7.82 Å². The number of aliphatic hydroxyl groups excluding tert-OH is 1. The van der Waals surface area contributed by atoms with Crippen molar-refractivity contribution in [2.75, 3.05) is 47.5 Å². The summed E-state index contributed by atoms with van der Waals surface area (Å²) in [6.45, 7) is 3.69. The maximum Gasteiger partial charge on any atom is 0.306 e.